The third kappa shape index (κ3) is 1.06. The first-order valence-electron chi connectivity index (χ1n) is 3.93. The Kier molecular flexibility index (Phi) is 1.47. The zero-order valence-corrected chi connectivity index (χ0v) is 7.31. The zero-order chi connectivity index (χ0) is 7.90. The zero-order valence-electron chi connectivity index (χ0n) is 6.55. The van der Waals surface area contributed by atoms with Gasteiger partial charge in [0, 0.05) is 10.8 Å². The SMILES string of the molecule is CC1(c2ccccc2)CC1Cl. The number of alkyl halides is 1. The van der Waals surface area contributed by atoms with E-state index in [2.05, 4.69) is 31.2 Å². The van der Waals surface area contributed by atoms with Crippen molar-refractivity contribution in [3.63, 3.8) is 0 Å². The van der Waals surface area contributed by atoms with E-state index in [0.29, 0.717) is 5.38 Å². The lowest BCUT2D eigenvalue weighted by atomic mass is 9.99. The highest BCUT2D eigenvalue weighted by Crippen LogP contribution is 2.51. The second-order valence-electron chi connectivity index (χ2n) is 3.46. The van der Waals surface area contributed by atoms with Gasteiger partial charge in [-0.15, -0.1) is 11.6 Å². The Hall–Kier alpha value is -0.490. The molecule has 0 aromatic heterocycles. The summed E-state index contributed by atoms with van der Waals surface area (Å²) in [7, 11) is 0. The highest BCUT2D eigenvalue weighted by molar-refractivity contribution is 6.23. The van der Waals surface area contributed by atoms with Crippen molar-refractivity contribution in [2.45, 2.75) is 24.1 Å². The molecule has 0 saturated heterocycles. The van der Waals surface area contributed by atoms with Gasteiger partial charge >= 0.3 is 0 Å². The Bertz CT molecular complexity index is 255. The minimum absolute atomic E-state index is 0.267. The van der Waals surface area contributed by atoms with Crippen LogP contribution in [0.1, 0.15) is 18.9 Å². The number of hydrogen-bond acceptors (Lipinski definition) is 0. The van der Waals surface area contributed by atoms with Gasteiger partial charge in [-0.05, 0) is 12.0 Å². The van der Waals surface area contributed by atoms with Gasteiger partial charge in [-0.1, -0.05) is 37.3 Å². The summed E-state index contributed by atoms with van der Waals surface area (Å²) in [5.74, 6) is 0. The summed E-state index contributed by atoms with van der Waals surface area (Å²) in [6.07, 6.45) is 1.12. The fraction of sp³-hybridized carbons (Fsp3) is 0.400. The first kappa shape index (κ1) is 7.17. The molecule has 0 radical (unpaired) electrons. The molecule has 58 valence electrons. The molecule has 11 heavy (non-hydrogen) atoms. The van der Waals surface area contributed by atoms with Gasteiger partial charge in [0.1, 0.15) is 0 Å². The molecule has 0 spiro atoms. The maximum Gasteiger partial charge on any atom is 0.0439 e. The van der Waals surface area contributed by atoms with Crippen LogP contribution in [0.3, 0.4) is 0 Å². The van der Waals surface area contributed by atoms with Crippen LogP contribution in [-0.2, 0) is 5.41 Å². The predicted octanol–water partition coefficient (Wildman–Crippen LogP) is 2.96. The van der Waals surface area contributed by atoms with E-state index >= 15 is 0 Å². The molecule has 2 atom stereocenters. The summed E-state index contributed by atoms with van der Waals surface area (Å²) in [6, 6.07) is 10.5. The summed E-state index contributed by atoms with van der Waals surface area (Å²) in [5, 5.41) is 0.352. The number of benzene rings is 1. The molecule has 1 aliphatic carbocycles. The lowest BCUT2D eigenvalue weighted by molar-refractivity contribution is 0.790. The summed E-state index contributed by atoms with van der Waals surface area (Å²) < 4.78 is 0. The van der Waals surface area contributed by atoms with Crippen LogP contribution in [0.15, 0.2) is 30.3 Å². The quantitative estimate of drug-likeness (QED) is 0.563. The van der Waals surface area contributed by atoms with Crippen LogP contribution in [0.5, 0.6) is 0 Å². The molecule has 2 unspecified atom stereocenters. The van der Waals surface area contributed by atoms with E-state index in [0.717, 1.165) is 6.42 Å². The molecule has 1 saturated carbocycles. The molecule has 1 aromatic rings. The molecule has 1 aliphatic rings. The largest absolute Gasteiger partial charge is 0.122 e. The molecular formula is C10H11Cl. The highest BCUT2D eigenvalue weighted by Gasteiger charge is 2.49. The number of halogens is 1. The predicted molar refractivity (Wildman–Crippen MR) is 48.1 cm³/mol. The monoisotopic (exact) mass is 166 g/mol. The summed E-state index contributed by atoms with van der Waals surface area (Å²) >= 11 is 6.03. The van der Waals surface area contributed by atoms with E-state index in [-0.39, 0.29) is 5.41 Å². The minimum Gasteiger partial charge on any atom is -0.122 e. The Balaban J connectivity index is 2.32. The topological polar surface area (TPSA) is 0 Å². The number of hydrogen-bond donors (Lipinski definition) is 0. The summed E-state index contributed by atoms with van der Waals surface area (Å²) in [4.78, 5) is 0. The van der Waals surface area contributed by atoms with Gasteiger partial charge in [0.05, 0.1) is 0 Å². The van der Waals surface area contributed by atoms with Crippen LogP contribution in [0.4, 0.5) is 0 Å². The average Bonchev–Trinajstić information content (AvgIpc) is 2.64. The van der Waals surface area contributed by atoms with Crippen molar-refractivity contribution in [2.75, 3.05) is 0 Å². The molecule has 0 bridgehead atoms. The van der Waals surface area contributed by atoms with Crippen molar-refractivity contribution in [2.24, 2.45) is 0 Å². The Morgan fingerprint density at radius 3 is 2.36 bits per heavy atom. The van der Waals surface area contributed by atoms with E-state index in [9.17, 15) is 0 Å². The molecule has 0 heterocycles. The molecule has 1 heteroatoms. The molecule has 0 amide bonds. The van der Waals surface area contributed by atoms with Crippen LogP contribution in [-0.4, -0.2) is 5.38 Å². The van der Waals surface area contributed by atoms with E-state index in [1.807, 2.05) is 6.07 Å². The molecule has 0 nitrogen and oxygen atoms in total. The van der Waals surface area contributed by atoms with E-state index in [1.54, 1.807) is 0 Å². The highest BCUT2D eigenvalue weighted by atomic mass is 35.5. The van der Waals surface area contributed by atoms with Crippen LogP contribution >= 0.6 is 11.6 Å². The molecule has 1 aromatic carbocycles. The van der Waals surface area contributed by atoms with Crippen molar-refractivity contribution >= 4 is 11.6 Å². The van der Waals surface area contributed by atoms with Gasteiger partial charge in [-0.2, -0.15) is 0 Å². The Morgan fingerprint density at radius 1 is 1.36 bits per heavy atom. The van der Waals surface area contributed by atoms with Crippen LogP contribution in [0, 0.1) is 0 Å². The summed E-state index contributed by atoms with van der Waals surface area (Å²) in [5.41, 5.74) is 1.64. The summed E-state index contributed by atoms with van der Waals surface area (Å²) in [6.45, 7) is 2.22. The molecule has 1 fully saturated rings. The Morgan fingerprint density at radius 2 is 1.91 bits per heavy atom. The molecule has 0 N–H and O–H groups in total. The van der Waals surface area contributed by atoms with Crippen molar-refractivity contribution in [3.8, 4) is 0 Å². The fourth-order valence-corrected chi connectivity index (χ4v) is 1.88. The maximum absolute atomic E-state index is 6.03. The van der Waals surface area contributed by atoms with Gasteiger partial charge in [-0.25, -0.2) is 0 Å². The van der Waals surface area contributed by atoms with E-state index in [1.165, 1.54) is 5.56 Å². The van der Waals surface area contributed by atoms with Crippen molar-refractivity contribution in [1.82, 2.24) is 0 Å². The average molecular weight is 167 g/mol. The van der Waals surface area contributed by atoms with Crippen LogP contribution in [0.2, 0.25) is 0 Å². The van der Waals surface area contributed by atoms with Gasteiger partial charge in [0.2, 0.25) is 0 Å². The van der Waals surface area contributed by atoms with Crippen molar-refractivity contribution < 1.29 is 0 Å². The molecular weight excluding hydrogens is 156 g/mol. The Labute approximate surface area is 72.2 Å². The van der Waals surface area contributed by atoms with Gasteiger partial charge < -0.3 is 0 Å². The van der Waals surface area contributed by atoms with E-state index < -0.39 is 0 Å². The minimum atomic E-state index is 0.267. The van der Waals surface area contributed by atoms with Crippen LogP contribution in [0.25, 0.3) is 0 Å². The first-order valence-corrected chi connectivity index (χ1v) is 4.37. The smallest absolute Gasteiger partial charge is 0.0439 e. The van der Waals surface area contributed by atoms with Crippen molar-refractivity contribution in [3.05, 3.63) is 35.9 Å². The second-order valence-corrected chi connectivity index (χ2v) is 3.98. The molecule has 2 rings (SSSR count). The van der Waals surface area contributed by atoms with Crippen LogP contribution < -0.4 is 0 Å². The third-order valence-electron chi connectivity index (χ3n) is 2.57. The fourth-order valence-electron chi connectivity index (χ4n) is 1.43. The first-order chi connectivity index (χ1) is 5.23. The van der Waals surface area contributed by atoms with Gasteiger partial charge in [0.25, 0.3) is 0 Å². The van der Waals surface area contributed by atoms with E-state index in [4.69, 9.17) is 11.6 Å². The second kappa shape index (κ2) is 2.25. The standard InChI is InChI=1S/C10H11Cl/c1-10(7-9(10)11)8-5-3-2-4-6-8/h2-6,9H,7H2,1H3. The molecule has 0 aliphatic heterocycles. The van der Waals surface area contributed by atoms with Crippen molar-refractivity contribution in [1.29, 1.82) is 0 Å². The lowest BCUT2D eigenvalue weighted by Gasteiger charge is -2.07. The normalized spacial score (nSPS) is 35.3. The third-order valence-corrected chi connectivity index (χ3v) is 3.20. The lowest BCUT2D eigenvalue weighted by Crippen LogP contribution is -2.02. The van der Waals surface area contributed by atoms with Gasteiger partial charge in [0.15, 0.2) is 0 Å². The maximum atomic E-state index is 6.03. The number of rotatable bonds is 1. The van der Waals surface area contributed by atoms with Gasteiger partial charge in [-0.3, -0.25) is 0 Å².